The number of nitrogens with zero attached hydrogens (tertiary/aromatic N) is 2. The molecule has 1 aromatic heterocycles. The molecule has 0 spiro atoms. The molecular weight excluding hydrogens is 388 g/mol. The van der Waals surface area contributed by atoms with Crippen LogP contribution in [0.2, 0.25) is 5.04 Å². The van der Waals surface area contributed by atoms with Crippen LogP contribution >= 0.6 is 0 Å². The van der Waals surface area contributed by atoms with Gasteiger partial charge in [0.25, 0.3) is 8.32 Å². The Balaban J connectivity index is 1.71. The molecule has 0 bridgehead atoms. The van der Waals surface area contributed by atoms with Gasteiger partial charge < -0.3 is 9.16 Å². The largest absolute Gasteiger partial charge is 0.476 e. The van der Waals surface area contributed by atoms with Crippen molar-refractivity contribution in [3.63, 3.8) is 0 Å². The molecule has 0 aliphatic heterocycles. The Hall–Kier alpha value is -2.50. The molecule has 0 atom stereocenters. The number of aryl methyl sites for hydroxylation is 1. The van der Waals surface area contributed by atoms with E-state index in [9.17, 15) is 0 Å². The van der Waals surface area contributed by atoms with Gasteiger partial charge in [-0.3, -0.25) is 4.98 Å². The summed E-state index contributed by atoms with van der Waals surface area (Å²) in [7, 11) is -2.45. The maximum atomic E-state index is 6.90. The van der Waals surface area contributed by atoms with Crippen LogP contribution in [0.1, 0.15) is 39.3 Å². The summed E-state index contributed by atoms with van der Waals surface area (Å²) < 4.78 is 12.7. The molecule has 3 rings (SSSR count). The van der Waals surface area contributed by atoms with E-state index in [2.05, 4.69) is 91.4 Å². The molecule has 30 heavy (non-hydrogen) atoms. The molecule has 5 heteroatoms. The van der Waals surface area contributed by atoms with Gasteiger partial charge in [-0.25, -0.2) is 4.98 Å². The van der Waals surface area contributed by atoms with Gasteiger partial charge in [-0.2, -0.15) is 0 Å². The standard InChI is InChI=1S/C25H32N2O2Si/c1-21-24(27-18-17-26-21)28-19-11-12-20-29-30(25(2,3)4,22-13-7-5-8-14-22)23-15-9-6-10-16-23/h5-10,13-18H,11-12,19-20H2,1-4H3. The first-order valence-corrected chi connectivity index (χ1v) is 12.5. The van der Waals surface area contributed by atoms with Crippen LogP contribution in [0.25, 0.3) is 0 Å². The van der Waals surface area contributed by atoms with Gasteiger partial charge in [0.05, 0.1) is 12.3 Å². The van der Waals surface area contributed by atoms with E-state index in [1.54, 1.807) is 12.4 Å². The minimum absolute atomic E-state index is 0.00292. The maximum absolute atomic E-state index is 6.90. The van der Waals surface area contributed by atoms with E-state index in [0.717, 1.165) is 18.5 Å². The minimum Gasteiger partial charge on any atom is -0.476 e. The molecule has 0 saturated carbocycles. The van der Waals surface area contributed by atoms with E-state index < -0.39 is 8.32 Å². The van der Waals surface area contributed by atoms with Crippen LogP contribution in [-0.2, 0) is 4.43 Å². The van der Waals surface area contributed by atoms with Crippen LogP contribution < -0.4 is 15.1 Å². The Labute approximate surface area is 181 Å². The van der Waals surface area contributed by atoms with E-state index in [4.69, 9.17) is 9.16 Å². The second-order valence-corrected chi connectivity index (χ2v) is 12.8. The normalized spacial score (nSPS) is 12.0. The Bertz CT molecular complexity index is 872. The molecule has 3 aromatic rings. The summed E-state index contributed by atoms with van der Waals surface area (Å²) in [6.45, 7) is 10.1. The molecule has 0 unspecified atom stereocenters. The Kier molecular flexibility index (Phi) is 7.40. The number of hydrogen-bond donors (Lipinski definition) is 0. The van der Waals surface area contributed by atoms with Crippen molar-refractivity contribution in [3.05, 3.63) is 78.8 Å². The third-order valence-corrected chi connectivity index (χ3v) is 10.4. The van der Waals surface area contributed by atoms with Gasteiger partial charge in [-0.1, -0.05) is 81.4 Å². The summed E-state index contributed by atoms with van der Waals surface area (Å²) in [5.74, 6) is 0.616. The average molecular weight is 421 g/mol. The van der Waals surface area contributed by atoms with Crippen LogP contribution in [0.15, 0.2) is 73.1 Å². The predicted octanol–water partition coefficient (Wildman–Crippen LogP) is 4.52. The molecule has 0 amide bonds. The van der Waals surface area contributed by atoms with Gasteiger partial charge in [-0.15, -0.1) is 0 Å². The van der Waals surface area contributed by atoms with Gasteiger partial charge in [0.1, 0.15) is 0 Å². The van der Waals surface area contributed by atoms with Crippen molar-refractivity contribution in [3.8, 4) is 5.88 Å². The second kappa shape index (κ2) is 10.0. The van der Waals surface area contributed by atoms with Crippen molar-refractivity contribution >= 4 is 18.7 Å². The van der Waals surface area contributed by atoms with E-state index >= 15 is 0 Å². The van der Waals surface area contributed by atoms with Crippen molar-refractivity contribution < 1.29 is 9.16 Å². The molecule has 2 aromatic carbocycles. The zero-order valence-corrected chi connectivity index (χ0v) is 19.5. The number of hydrogen-bond acceptors (Lipinski definition) is 4. The maximum Gasteiger partial charge on any atom is 0.261 e. The fourth-order valence-electron chi connectivity index (χ4n) is 3.90. The van der Waals surface area contributed by atoms with E-state index in [1.165, 1.54) is 10.4 Å². The number of ether oxygens (including phenoxy) is 1. The summed E-state index contributed by atoms with van der Waals surface area (Å²) in [5.41, 5.74) is 0.820. The highest BCUT2D eigenvalue weighted by Gasteiger charge is 2.49. The average Bonchev–Trinajstić information content (AvgIpc) is 2.75. The molecule has 0 fully saturated rings. The first kappa shape index (κ1) is 22.2. The lowest BCUT2D eigenvalue weighted by Gasteiger charge is -2.43. The third-order valence-electron chi connectivity index (χ3n) is 5.35. The number of aromatic nitrogens is 2. The van der Waals surface area contributed by atoms with Gasteiger partial charge in [-0.05, 0) is 35.2 Å². The Morgan fingerprint density at radius 3 is 1.83 bits per heavy atom. The molecule has 158 valence electrons. The van der Waals surface area contributed by atoms with Crippen molar-refractivity contribution in [1.82, 2.24) is 9.97 Å². The molecule has 0 N–H and O–H groups in total. The predicted molar refractivity (Wildman–Crippen MR) is 125 cm³/mol. The van der Waals surface area contributed by atoms with Gasteiger partial charge in [0.2, 0.25) is 5.88 Å². The fourth-order valence-corrected chi connectivity index (χ4v) is 8.50. The lowest BCUT2D eigenvalue weighted by atomic mass is 10.2. The highest BCUT2D eigenvalue weighted by Crippen LogP contribution is 2.36. The van der Waals surface area contributed by atoms with Gasteiger partial charge in [0, 0.05) is 19.0 Å². The molecular formula is C25H32N2O2Si. The van der Waals surface area contributed by atoms with Crippen molar-refractivity contribution in [2.24, 2.45) is 0 Å². The molecule has 0 saturated heterocycles. The minimum atomic E-state index is -2.45. The van der Waals surface area contributed by atoms with Crippen LogP contribution in [0, 0.1) is 6.92 Å². The van der Waals surface area contributed by atoms with Crippen LogP contribution in [-0.4, -0.2) is 31.5 Å². The fraction of sp³-hybridized carbons (Fsp3) is 0.360. The van der Waals surface area contributed by atoms with Crippen molar-refractivity contribution in [2.45, 2.75) is 45.6 Å². The first-order valence-electron chi connectivity index (χ1n) is 10.6. The SMILES string of the molecule is Cc1nccnc1OCCCCO[Si](c1ccccc1)(c1ccccc1)C(C)(C)C. The summed E-state index contributed by atoms with van der Waals surface area (Å²) in [6.07, 6.45) is 5.19. The summed E-state index contributed by atoms with van der Waals surface area (Å²) in [5, 5.41) is 2.63. The molecule has 4 nitrogen and oxygen atoms in total. The smallest absolute Gasteiger partial charge is 0.261 e. The summed E-state index contributed by atoms with van der Waals surface area (Å²) in [6, 6.07) is 21.5. The summed E-state index contributed by atoms with van der Waals surface area (Å²) >= 11 is 0. The second-order valence-electron chi connectivity index (χ2n) is 8.51. The highest BCUT2D eigenvalue weighted by atomic mass is 28.4. The molecule has 0 aliphatic carbocycles. The van der Waals surface area contributed by atoms with Crippen LogP contribution in [0.4, 0.5) is 0 Å². The van der Waals surface area contributed by atoms with E-state index in [1.807, 2.05) is 6.92 Å². The highest BCUT2D eigenvalue weighted by molar-refractivity contribution is 6.99. The quantitative estimate of drug-likeness (QED) is 0.377. The number of unbranched alkanes of at least 4 members (excludes halogenated alkanes) is 1. The van der Waals surface area contributed by atoms with E-state index in [0.29, 0.717) is 19.1 Å². The number of benzene rings is 2. The van der Waals surface area contributed by atoms with Gasteiger partial charge in [0.15, 0.2) is 0 Å². The van der Waals surface area contributed by atoms with Crippen LogP contribution in [0.5, 0.6) is 5.88 Å². The van der Waals surface area contributed by atoms with Crippen LogP contribution in [0.3, 0.4) is 0 Å². The molecule has 0 aliphatic rings. The summed E-state index contributed by atoms with van der Waals surface area (Å²) in [4.78, 5) is 8.45. The van der Waals surface area contributed by atoms with E-state index in [-0.39, 0.29) is 5.04 Å². The number of rotatable bonds is 9. The monoisotopic (exact) mass is 420 g/mol. The molecule has 0 radical (unpaired) electrons. The molecule has 1 heterocycles. The topological polar surface area (TPSA) is 44.2 Å². The Morgan fingerprint density at radius 2 is 1.30 bits per heavy atom. The third kappa shape index (κ3) is 4.97. The first-order chi connectivity index (χ1) is 14.4. The van der Waals surface area contributed by atoms with Crippen molar-refractivity contribution in [2.75, 3.05) is 13.2 Å². The lowest BCUT2D eigenvalue weighted by molar-refractivity contribution is 0.251. The zero-order chi connectivity index (χ0) is 21.5. The zero-order valence-electron chi connectivity index (χ0n) is 18.5. The van der Waals surface area contributed by atoms with Gasteiger partial charge >= 0.3 is 0 Å². The Morgan fingerprint density at radius 1 is 0.767 bits per heavy atom. The van der Waals surface area contributed by atoms with Crippen molar-refractivity contribution in [1.29, 1.82) is 0 Å². The lowest BCUT2D eigenvalue weighted by Crippen LogP contribution is -2.66.